The van der Waals surface area contributed by atoms with Gasteiger partial charge in [-0.3, -0.25) is 4.79 Å². The third kappa shape index (κ3) is 3.52. The smallest absolute Gasteiger partial charge is 0.264 e. The number of rotatable bonds is 4. The first kappa shape index (κ1) is 16.7. The summed E-state index contributed by atoms with van der Waals surface area (Å²) in [5.41, 5.74) is 1.70. The normalized spacial score (nSPS) is 18.6. The Morgan fingerprint density at radius 1 is 1.04 bits per heavy atom. The fourth-order valence-electron chi connectivity index (χ4n) is 2.67. The molecule has 1 aliphatic rings. The molecule has 7 heteroatoms. The van der Waals surface area contributed by atoms with Crippen LogP contribution in [0.3, 0.4) is 0 Å². The molecule has 3 rings (SSSR count). The van der Waals surface area contributed by atoms with Gasteiger partial charge in [-0.2, -0.15) is 10.5 Å². The van der Waals surface area contributed by atoms with Gasteiger partial charge in [0.2, 0.25) is 5.91 Å². The molecule has 1 amide bonds. The average molecular weight is 351 g/mol. The topological polar surface area (TPSA) is 111 Å². The van der Waals surface area contributed by atoms with Crippen LogP contribution in [0.2, 0.25) is 0 Å². The van der Waals surface area contributed by atoms with Crippen LogP contribution in [0.5, 0.6) is 0 Å². The van der Waals surface area contributed by atoms with Gasteiger partial charge >= 0.3 is 0 Å². The number of hydrogen-bond donors (Lipinski definition) is 1. The summed E-state index contributed by atoms with van der Waals surface area (Å²) in [6.45, 7) is 0. The highest BCUT2D eigenvalue weighted by atomic mass is 32.2. The van der Waals surface area contributed by atoms with Crippen LogP contribution in [0.15, 0.2) is 53.4 Å². The molecule has 124 valence electrons. The van der Waals surface area contributed by atoms with E-state index in [0.29, 0.717) is 17.5 Å². The zero-order valence-electron chi connectivity index (χ0n) is 13.0. The number of nitriles is 2. The minimum absolute atomic E-state index is 0.0662. The SMILES string of the molecule is N#Cc1ccc(S(=O)(=O)NC(=O)[C@H]2C[C@@H]2c2cccc(C#N)c2)cc1. The lowest BCUT2D eigenvalue weighted by Gasteiger charge is -2.07. The van der Waals surface area contributed by atoms with Crippen LogP contribution in [0.4, 0.5) is 0 Å². The second-order valence-electron chi connectivity index (χ2n) is 5.79. The zero-order chi connectivity index (χ0) is 18.0. The maximum atomic E-state index is 12.3. The van der Waals surface area contributed by atoms with Crippen molar-refractivity contribution < 1.29 is 13.2 Å². The van der Waals surface area contributed by atoms with E-state index in [2.05, 4.69) is 4.72 Å². The van der Waals surface area contributed by atoms with Gasteiger partial charge in [-0.25, -0.2) is 13.1 Å². The van der Waals surface area contributed by atoms with E-state index >= 15 is 0 Å². The van der Waals surface area contributed by atoms with Gasteiger partial charge in [0.05, 0.1) is 28.2 Å². The fraction of sp³-hybridized carbons (Fsp3) is 0.167. The van der Waals surface area contributed by atoms with E-state index in [1.807, 2.05) is 18.2 Å². The number of hydrogen-bond acceptors (Lipinski definition) is 5. The second-order valence-corrected chi connectivity index (χ2v) is 7.47. The molecule has 2 atom stereocenters. The number of sulfonamides is 1. The molecular formula is C18H13N3O3S. The van der Waals surface area contributed by atoms with Gasteiger partial charge in [-0.1, -0.05) is 12.1 Å². The molecule has 0 radical (unpaired) electrons. The Morgan fingerprint density at radius 3 is 2.36 bits per heavy atom. The second kappa shape index (κ2) is 6.39. The summed E-state index contributed by atoms with van der Waals surface area (Å²) in [5, 5.41) is 17.7. The van der Waals surface area contributed by atoms with E-state index in [4.69, 9.17) is 10.5 Å². The molecule has 0 saturated heterocycles. The maximum Gasteiger partial charge on any atom is 0.264 e. The number of carbonyl (C=O) groups excluding carboxylic acids is 1. The Hall–Kier alpha value is -3.16. The number of benzene rings is 2. The molecule has 1 N–H and O–H groups in total. The molecule has 0 aliphatic heterocycles. The monoisotopic (exact) mass is 351 g/mol. The van der Waals surface area contributed by atoms with Crippen molar-refractivity contribution in [2.45, 2.75) is 17.2 Å². The van der Waals surface area contributed by atoms with Crippen LogP contribution in [0, 0.1) is 28.6 Å². The summed E-state index contributed by atoms with van der Waals surface area (Å²) < 4.78 is 26.6. The van der Waals surface area contributed by atoms with Gasteiger partial charge < -0.3 is 0 Å². The number of amides is 1. The zero-order valence-corrected chi connectivity index (χ0v) is 13.8. The van der Waals surface area contributed by atoms with Crippen molar-refractivity contribution in [3.63, 3.8) is 0 Å². The lowest BCUT2D eigenvalue weighted by Crippen LogP contribution is -2.32. The molecule has 2 aromatic carbocycles. The third-order valence-corrected chi connectivity index (χ3v) is 5.46. The largest absolute Gasteiger partial charge is 0.274 e. The molecular weight excluding hydrogens is 338 g/mol. The van der Waals surface area contributed by atoms with Gasteiger partial charge in [0.25, 0.3) is 10.0 Å². The molecule has 1 aliphatic carbocycles. The van der Waals surface area contributed by atoms with E-state index in [0.717, 1.165) is 5.56 Å². The number of nitrogens with zero attached hydrogens (tertiary/aromatic N) is 2. The molecule has 0 aromatic heterocycles. The van der Waals surface area contributed by atoms with E-state index in [-0.39, 0.29) is 10.8 Å². The highest BCUT2D eigenvalue weighted by molar-refractivity contribution is 7.90. The van der Waals surface area contributed by atoms with Gasteiger partial charge in [0, 0.05) is 5.92 Å². The first-order valence-corrected chi connectivity index (χ1v) is 9.00. The van der Waals surface area contributed by atoms with E-state index in [1.54, 1.807) is 18.2 Å². The molecule has 0 spiro atoms. The number of carbonyl (C=O) groups is 1. The van der Waals surface area contributed by atoms with Crippen molar-refractivity contribution in [1.29, 1.82) is 10.5 Å². The minimum Gasteiger partial charge on any atom is -0.274 e. The average Bonchev–Trinajstić information content (AvgIpc) is 3.42. The van der Waals surface area contributed by atoms with Crippen molar-refractivity contribution in [1.82, 2.24) is 4.72 Å². The number of nitrogens with one attached hydrogen (secondary N) is 1. The summed E-state index contributed by atoms with van der Waals surface area (Å²) in [5.74, 6) is -1.07. The van der Waals surface area contributed by atoms with Crippen molar-refractivity contribution in [2.24, 2.45) is 5.92 Å². The van der Waals surface area contributed by atoms with Crippen molar-refractivity contribution in [2.75, 3.05) is 0 Å². The molecule has 1 fully saturated rings. The summed E-state index contributed by atoms with van der Waals surface area (Å²) in [7, 11) is -3.97. The van der Waals surface area contributed by atoms with E-state index in [9.17, 15) is 13.2 Å². The lowest BCUT2D eigenvalue weighted by atomic mass is 10.1. The molecule has 0 bridgehead atoms. The van der Waals surface area contributed by atoms with Crippen molar-refractivity contribution >= 4 is 15.9 Å². The Morgan fingerprint density at radius 2 is 1.72 bits per heavy atom. The predicted octanol–water partition coefficient (Wildman–Crippen LogP) is 2.04. The summed E-state index contributed by atoms with van der Waals surface area (Å²) in [4.78, 5) is 12.2. The first-order valence-electron chi connectivity index (χ1n) is 7.51. The molecule has 25 heavy (non-hydrogen) atoms. The predicted molar refractivity (Wildman–Crippen MR) is 88.5 cm³/mol. The van der Waals surface area contributed by atoms with Gasteiger partial charge in [-0.15, -0.1) is 0 Å². The Balaban J connectivity index is 1.70. The van der Waals surface area contributed by atoms with Gasteiger partial charge in [0.15, 0.2) is 0 Å². The highest BCUT2D eigenvalue weighted by Gasteiger charge is 2.45. The van der Waals surface area contributed by atoms with Gasteiger partial charge in [-0.05, 0) is 54.3 Å². The standard InChI is InChI=1S/C18H13N3O3S/c19-10-12-4-6-15(7-5-12)25(23,24)21-18(22)17-9-16(17)14-3-1-2-13(8-14)11-20/h1-8,16-17H,9H2,(H,21,22)/t16-,17+/m1/s1. The Kier molecular flexibility index (Phi) is 4.26. The summed E-state index contributed by atoms with van der Waals surface area (Å²) in [6, 6.07) is 16.2. The Labute approximate surface area is 145 Å². The van der Waals surface area contributed by atoms with Crippen molar-refractivity contribution in [3.8, 4) is 12.1 Å². The van der Waals surface area contributed by atoms with Crippen LogP contribution in [-0.2, 0) is 14.8 Å². The third-order valence-electron chi connectivity index (χ3n) is 4.10. The highest BCUT2D eigenvalue weighted by Crippen LogP contribution is 2.47. The van der Waals surface area contributed by atoms with E-state index < -0.39 is 21.8 Å². The van der Waals surface area contributed by atoms with Crippen LogP contribution < -0.4 is 4.72 Å². The van der Waals surface area contributed by atoms with Crippen LogP contribution >= 0.6 is 0 Å². The van der Waals surface area contributed by atoms with Crippen LogP contribution in [0.1, 0.15) is 29.0 Å². The summed E-state index contributed by atoms with van der Waals surface area (Å²) >= 11 is 0. The molecule has 0 heterocycles. The summed E-state index contributed by atoms with van der Waals surface area (Å²) in [6.07, 6.45) is 0.545. The van der Waals surface area contributed by atoms with E-state index in [1.165, 1.54) is 24.3 Å². The first-order chi connectivity index (χ1) is 11.9. The quantitative estimate of drug-likeness (QED) is 0.906. The molecule has 0 unspecified atom stereocenters. The van der Waals surface area contributed by atoms with Crippen LogP contribution in [-0.4, -0.2) is 14.3 Å². The fourth-order valence-corrected chi connectivity index (χ4v) is 3.70. The molecule has 1 saturated carbocycles. The Bertz CT molecular complexity index is 1010. The van der Waals surface area contributed by atoms with Crippen LogP contribution in [0.25, 0.3) is 0 Å². The van der Waals surface area contributed by atoms with Crippen molar-refractivity contribution in [3.05, 3.63) is 65.2 Å². The molecule has 6 nitrogen and oxygen atoms in total. The maximum absolute atomic E-state index is 12.3. The molecule has 2 aromatic rings. The van der Waals surface area contributed by atoms with Gasteiger partial charge in [0.1, 0.15) is 0 Å². The lowest BCUT2D eigenvalue weighted by molar-refractivity contribution is -0.120. The minimum atomic E-state index is -3.97.